The van der Waals surface area contributed by atoms with Crippen molar-refractivity contribution in [2.24, 2.45) is 7.05 Å². The van der Waals surface area contributed by atoms with Gasteiger partial charge in [0.05, 0.1) is 10.5 Å². The minimum Gasteiger partial charge on any atom is -0.478 e. The van der Waals surface area contributed by atoms with Crippen LogP contribution in [0.4, 0.5) is 5.69 Å². The maximum absolute atomic E-state index is 11.1. The van der Waals surface area contributed by atoms with E-state index in [1.165, 1.54) is 6.07 Å². The van der Waals surface area contributed by atoms with Crippen LogP contribution in [0.25, 0.3) is 0 Å². The number of carbonyl (C=O) groups is 1. The van der Waals surface area contributed by atoms with Gasteiger partial charge in [-0.1, -0.05) is 0 Å². The van der Waals surface area contributed by atoms with Crippen molar-refractivity contribution in [3.05, 3.63) is 39.2 Å². The molecule has 0 saturated carbocycles. The fraction of sp³-hybridized carbons (Fsp3) is 0.250. The van der Waals surface area contributed by atoms with Crippen LogP contribution in [0, 0.1) is 24.0 Å². The molecule has 0 atom stereocenters. The van der Waals surface area contributed by atoms with Crippen LogP contribution in [0.2, 0.25) is 0 Å². The first-order valence-electron chi connectivity index (χ1n) is 5.87. The molecular formula is C12H12N4O4S. The first-order valence-corrected chi connectivity index (χ1v) is 6.69. The number of rotatable bonds is 4. The highest BCUT2D eigenvalue weighted by molar-refractivity contribution is 7.99. The molecule has 0 saturated heterocycles. The summed E-state index contributed by atoms with van der Waals surface area (Å²) in [6, 6.07) is 2.46. The van der Waals surface area contributed by atoms with Gasteiger partial charge in [-0.2, -0.15) is 0 Å². The molecule has 0 aliphatic rings. The number of carboxylic acids is 1. The van der Waals surface area contributed by atoms with Crippen LogP contribution < -0.4 is 0 Å². The molecule has 1 aromatic carbocycles. The third-order valence-corrected chi connectivity index (χ3v) is 4.21. The minimum absolute atomic E-state index is 0.131. The van der Waals surface area contributed by atoms with Gasteiger partial charge >= 0.3 is 5.97 Å². The highest BCUT2D eigenvalue weighted by atomic mass is 32.2. The summed E-state index contributed by atoms with van der Waals surface area (Å²) in [5, 5.41) is 28.5. The van der Waals surface area contributed by atoms with Crippen molar-refractivity contribution in [1.82, 2.24) is 14.8 Å². The van der Waals surface area contributed by atoms with E-state index in [0.717, 1.165) is 17.8 Å². The van der Waals surface area contributed by atoms with E-state index in [1.807, 2.05) is 0 Å². The van der Waals surface area contributed by atoms with E-state index in [0.29, 0.717) is 21.4 Å². The third-order valence-electron chi connectivity index (χ3n) is 3.03. The van der Waals surface area contributed by atoms with Gasteiger partial charge in [0.2, 0.25) is 0 Å². The molecule has 0 amide bonds. The molecule has 0 radical (unpaired) electrons. The third kappa shape index (κ3) is 2.87. The SMILES string of the molecule is Cc1c(Sc2nnc(C)n2C)cc(C(=O)O)cc1[N+](=O)[O-]. The van der Waals surface area contributed by atoms with E-state index in [-0.39, 0.29) is 11.3 Å². The van der Waals surface area contributed by atoms with Crippen LogP contribution >= 0.6 is 11.8 Å². The molecule has 21 heavy (non-hydrogen) atoms. The van der Waals surface area contributed by atoms with Gasteiger partial charge in [-0.15, -0.1) is 10.2 Å². The van der Waals surface area contributed by atoms with Crippen molar-refractivity contribution in [3.63, 3.8) is 0 Å². The van der Waals surface area contributed by atoms with Gasteiger partial charge < -0.3 is 9.67 Å². The van der Waals surface area contributed by atoms with Gasteiger partial charge in [-0.25, -0.2) is 4.79 Å². The zero-order chi connectivity index (χ0) is 15.7. The normalized spacial score (nSPS) is 10.6. The summed E-state index contributed by atoms with van der Waals surface area (Å²) < 4.78 is 1.73. The average molecular weight is 308 g/mol. The Morgan fingerprint density at radius 3 is 2.52 bits per heavy atom. The molecule has 0 aliphatic carbocycles. The maximum atomic E-state index is 11.1. The Kier molecular flexibility index (Phi) is 3.94. The Morgan fingerprint density at radius 1 is 1.38 bits per heavy atom. The molecule has 9 heteroatoms. The molecule has 110 valence electrons. The van der Waals surface area contributed by atoms with Gasteiger partial charge in [-0.3, -0.25) is 10.1 Å². The molecule has 2 aromatic rings. The first kappa shape index (κ1) is 15.0. The van der Waals surface area contributed by atoms with Gasteiger partial charge in [0, 0.05) is 23.6 Å². The van der Waals surface area contributed by atoms with Crippen LogP contribution in [0.15, 0.2) is 22.2 Å². The van der Waals surface area contributed by atoms with Crippen LogP contribution in [0.5, 0.6) is 0 Å². The number of nitro benzene ring substituents is 1. The summed E-state index contributed by atoms with van der Waals surface area (Å²) in [7, 11) is 1.77. The lowest BCUT2D eigenvalue weighted by molar-refractivity contribution is -0.385. The number of aryl methyl sites for hydroxylation is 1. The Hall–Kier alpha value is -2.42. The van der Waals surface area contributed by atoms with E-state index in [1.54, 1.807) is 25.5 Å². The van der Waals surface area contributed by atoms with Crippen molar-refractivity contribution in [2.45, 2.75) is 23.9 Å². The number of hydrogen-bond acceptors (Lipinski definition) is 6. The molecule has 2 rings (SSSR count). The van der Waals surface area contributed by atoms with Gasteiger partial charge in [0.1, 0.15) is 5.82 Å². The quantitative estimate of drug-likeness (QED) is 0.680. The number of aromatic carboxylic acids is 1. The number of hydrogen-bond donors (Lipinski definition) is 1. The monoisotopic (exact) mass is 308 g/mol. The zero-order valence-electron chi connectivity index (χ0n) is 11.5. The zero-order valence-corrected chi connectivity index (χ0v) is 12.3. The molecule has 1 aromatic heterocycles. The van der Waals surface area contributed by atoms with Crippen molar-refractivity contribution in [3.8, 4) is 0 Å². The standard InChI is InChI=1S/C12H12N4O4S/c1-6-9(16(19)20)4-8(11(17)18)5-10(6)21-12-14-13-7(2)15(12)3/h4-5H,1-3H3,(H,17,18). The van der Waals surface area contributed by atoms with E-state index >= 15 is 0 Å². The number of benzene rings is 1. The lowest BCUT2D eigenvalue weighted by atomic mass is 10.1. The second-order valence-electron chi connectivity index (χ2n) is 4.37. The molecule has 0 aliphatic heterocycles. The molecular weight excluding hydrogens is 296 g/mol. The summed E-state index contributed by atoms with van der Waals surface area (Å²) in [5.41, 5.74) is 0.0423. The first-order chi connectivity index (χ1) is 9.81. The molecule has 0 bridgehead atoms. The number of aromatic nitrogens is 3. The Labute approximate surface area is 124 Å². The summed E-state index contributed by atoms with van der Waals surface area (Å²) in [6.07, 6.45) is 0. The lowest BCUT2D eigenvalue weighted by Gasteiger charge is -2.07. The van der Waals surface area contributed by atoms with Crippen LogP contribution in [0.1, 0.15) is 21.7 Å². The fourth-order valence-electron chi connectivity index (χ4n) is 1.67. The summed E-state index contributed by atoms with van der Waals surface area (Å²) in [5.74, 6) is -0.520. The molecule has 8 nitrogen and oxygen atoms in total. The summed E-state index contributed by atoms with van der Waals surface area (Å²) in [6.45, 7) is 3.36. The second-order valence-corrected chi connectivity index (χ2v) is 5.38. The van der Waals surface area contributed by atoms with Crippen molar-refractivity contribution in [1.29, 1.82) is 0 Å². The van der Waals surface area contributed by atoms with E-state index in [2.05, 4.69) is 10.2 Å². The number of nitro groups is 1. The lowest BCUT2D eigenvalue weighted by Crippen LogP contribution is -2.02. The largest absolute Gasteiger partial charge is 0.478 e. The predicted octanol–water partition coefficient (Wildman–Crippen LogP) is 2.19. The van der Waals surface area contributed by atoms with Gasteiger partial charge in [0.25, 0.3) is 5.69 Å². The van der Waals surface area contributed by atoms with Crippen molar-refractivity contribution >= 4 is 23.4 Å². The fourth-order valence-corrected chi connectivity index (χ4v) is 2.66. The van der Waals surface area contributed by atoms with E-state index in [9.17, 15) is 14.9 Å². The molecule has 0 fully saturated rings. The highest BCUT2D eigenvalue weighted by Gasteiger charge is 2.21. The van der Waals surface area contributed by atoms with E-state index < -0.39 is 10.9 Å². The highest BCUT2D eigenvalue weighted by Crippen LogP contribution is 2.34. The van der Waals surface area contributed by atoms with Gasteiger partial charge in [-0.05, 0) is 31.7 Å². The van der Waals surface area contributed by atoms with Crippen molar-refractivity contribution < 1.29 is 14.8 Å². The Morgan fingerprint density at radius 2 is 2.05 bits per heavy atom. The number of carboxylic acid groups (broad SMARTS) is 1. The Bertz CT molecular complexity index is 741. The second kappa shape index (κ2) is 5.52. The molecule has 0 unspecified atom stereocenters. The molecule has 1 heterocycles. The van der Waals surface area contributed by atoms with Crippen LogP contribution in [0.3, 0.4) is 0 Å². The minimum atomic E-state index is -1.21. The van der Waals surface area contributed by atoms with Crippen molar-refractivity contribution in [2.75, 3.05) is 0 Å². The smallest absolute Gasteiger partial charge is 0.335 e. The Balaban J connectivity index is 2.54. The van der Waals surface area contributed by atoms with Gasteiger partial charge in [0.15, 0.2) is 5.16 Å². The van der Waals surface area contributed by atoms with Crippen LogP contribution in [-0.4, -0.2) is 30.8 Å². The summed E-state index contributed by atoms with van der Waals surface area (Å²) in [4.78, 5) is 22.0. The number of nitrogens with zero attached hydrogens (tertiary/aromatic N) is 4. The maximum Gasteiger partial charge on any atom is 0.335 e. The predicted molar refractivity (Wildman–Crippen MR) is 74.7 cm³/mol. The molecule has 0 spiro atoms. The average Bonchev–Trinajstić information content (AvgIpc) is 2.72. The molecule has 1 N–H and O–H groups in total. The van der Waals surface area contributed by atoms with Crippen LogP contribution in [-0.2, 0) is 7.05 Å². The van der Waals surface area contributed by atoms with E-state index in [4.69, 9.17) is 5.11 Å². The topological polar surface area (TPSA) is 111 Å². The summed E-state index contributed by atoms with van der Waals surface area (Å²) >= 11 is 1.15.